The molecule has 0 aliphatic carbocycles. The Morgan fingerprint density at radius 1 is 1.50 bits per heavy atom. The number of hydrogen-bond donors (Lipinski definition) is 2. The van der Waals surface area contributed by atoms with Crippen molar-refractivity contribution in [2.24, 2.45) is 5.73 Å². The molecule has 1 aromatic rings. The van der Waals surface area contributed by atoms with Crippen LogP contribution in [-0.4, -0.2) is 30.0 Å². The third-order valence-electron chi connectivity index (χ3n) is 2.96. The van der Waals surface area contributed by atoms with Crippen molar-refractivity contribution >= 4 is 5.91 Å². The summed E-state index contributed by atoms with van der Waals surface area (Å²) in [6.07, 6.45) is 1.28. The maximum absolute atomic E-state index is 11.3. The largest absolute Gasteiger partial charge is 0.326 e. The lowest BCUT2D eigenvalue weighted by Gasteiger charge is -2.19. The van der Waals surface area contributed by atoms with E-state index in [1.807, 2.05) is 18.2 Å². The first kappa shape index (κ1) is 11.1. The van der Waals surface area contributed by atoms with Gasteiger partial charge in [-0.05, 0) is 12.0 Å². The molecule has 1 aromatic carbocycles. The highest BCUT2D eigenvalue weighted by Gasteiger charge is 2.30. The lowest BCUT2D eigenvalue weighted by molar-refractivity contribution is -0.128. The Morgan fingerprint density at radius 2 is 2.19 bits per heavy atom. The monoisotopic (exact) mass is 219 g/mol. The smallest absolute Gasteiger partial charge is 0.238 e. The van der Waals surface area contributed by atoms with Crippen LogP contribution >= 0.6 is 0 Å². The van der Waals surface area contributed by atoms with Crippen LogP contribution in [0.5, 0.6) is 0 Å². The summed E-state index contributed by atoms with van der Waals surface area (Å²) < 4.78 is 0. The summed E-state index contributed by atoms with van der Waals surface area (Å²) in [5.74, 6) is 0.105. The summed E-state index contributed by atoms with van der Waals surface area (Å²) in [7, 11) is 1.73. The Morgan fingerprint density at radius 3 is 2.75 bits per heavy atom. The van der Waals surface area contributed by atoms with E-state index in [4.69, 9.17) is 5.73 Å². The minimum absolute atomic E-state index is 0.0312. The van der Waals surface area contributed by atoms with Crippen molar-refractivity contribution in [3.63, 3.8) is 0 Å². The summed E-state index contributed by atoms with van der Waals surface area (Å²) in [6.45, 7) is 0. The highest BCUT2D eigenvalue weighted by atomic mass is 16.2. The number of nitrogens with zero attached hydrogens (tertiary/aromatic N) is 1. The van der Waals surface area contributed by atoms with Gasteiger partial charge in [-0.15, -0.1) is 0 Å². The van der Waals surface area contributed by atoms with Crippen molar-refractivity contribution in [2.45, 2.75) is 24.9 Å². The molecule has 1 saturated heterocycles. The molecule has 1 amide bonds. The number of carbonyl (C=O) groups is 1. The maximum Gasteiger partial charge on any atom is 0.238 e. The number of benzene rings is 1. The fourth-order valence-corrected chi connectivity index (χ4v) is 1.97. The van der Waals surface area contributed by atoms with Gasteiger partial charge < -0.3 is 5.73 Å². The average Bonchev–Trinajstić information content (AvgIpc) is 2.61. The summed E-state index contributed by atoms with van der Waals surface area (Å²) in [6, 6.07) is 10.1. The fourth-order valence-electron chi connectivity index (χ4n) is 1.97. The molecule has 0 aromatic heterocycles. The van der Waals surface area contributed by atoms with Crippen molar-refractivity contribution < 1.29 is 4.79 Å². The SMILES string of the molecule is CN1N[C@H]([C@@H](N)Cc2ccccc2)CC1=O. The van der Waals surface area contributed by atoms with Crippen molar-refractivity contribution in [2.75, 3.05) is 7.05 Å². The minimum Gasteiger partial charge on any atom is -0.326 e. The molecule has 0 unspecified atom stereocenters. The molecule has 0 saturated carbocycles. The first-order valence-electron chi connectivity index (χ1n) is 5.49. The van der Waals surface area contributed by atoms with Gasteiger partial charge in [-0.1, -0.05) is 30.3 Å². The van der Waals surface area contributed by atoms with E-state index in [1.165, 1.54) is 10.6 Å². The third kappa shape index (κ3) is 2.40. The molecule has 1 fully saturated rings. The predicted octanol–water partition coefficient (Wildman–Crippen LogP) is 0.292. The van der Waals surface area contributed by atoms with Crippen LogP contribution in [0, 0.1) is 0 Å². The standard InChI is InChI=1S/C12H17N3O/c1-15-12(16)8-11(14-15)10(13)7-9-5-3-2-4-6-9/h2-6,10-11,14H,7-8,13H2,1H3/t10-,11-/m0/s1. The Labute approximate surface area is 95.4 Å². The molecule has 4 heteroatoms. The second-order valence-corrected chi connectivity index (χ2v) is 4.25. The number of amides is 1. The topological polar surface area (TPSA) is 58.4 Å². The van der Waals surface area contributed by atoms with Gasteiger partial charge in [-0.3, -0.25) is 9.80 Å². The van der Waals surface area contributed by atoms with Crippen LogP contribution in [0.1, 0.15) is 12.0 Å². The number of hydrogen-bond acceptors (Lipinski definition) is 3. The van der Waals surface area contributed by atoms with E-state index in [2.05, 4.69) is 17.6 Å². The summed E-state index contributed by atoms with van der Waals surface area (Å²) in [4.78, 5) is 11.3. The van der Waals surface area contributed by atoms with Crippen LogP contribution in [0.25, 0.3) is 0 Å². The molecular formula is C12H17N3O. The van der Waals surface area contributed by atoms with Gasteiger partial charge in [0.2, 0.25) is 5.91 Å². The highest BCUT2D eigenvalue weighted by Crippen LogP contribution is 2.12. The van der Waals surface area contributed by atoms with E-state index < -0.39 is 0 Å². The van der Waals surface area contributed by atoms with E-state index >= 15 is 0 Å². The quantitative estimate of drug-likeness (QED) is 0.768. The zero-order chi connectivity index (χ0) is 11.5. The number of carbonyl (C=O) groups excluding carboxylic acids is 1. The van der Waals surface area contributed by atoms with Gasteiger partial charge in [0, 0.05) is 19.5 Å². The average molecular weight is 219 g/mol. The highest BCUT2D eigenvalue weighted by molar-refractivity contribution is 5.78. The van der Waals surface area contributed by atoms with Gasteiger partial charge >= 0.3 is 0 Å². The molecule has 16 heavy (non-hydrogen) atoms. The third-order valence-corrected chi connectivity index (χ3v) is 2.96. The van der Waals surface area contributed by atoms with Crippen molar-refractivity contribution in [3.8, 4) is 0 Å². The van der Waals surface area contributed by atoms with Crippen LogP contribution < -0.4 is 11.2 Å². The van der Waals surface area contributed by atoms with Crippen LogP contribution in [0.3, 0.4) is 0 Å². The van der Waals surface area contributed by atoms with Gasteiger partial charge in [-0.2, -0.15) is 0 Å². The molecule has 1 heterocycles. The number of nitrogens with one attached hydrogen (secondary N) is 1. The number of hydrazine groups is 1. The number of rotatable bonds is 3. The van der Waals surface area contributed by atoms with Crippen molar-refractivity contribution in [1.29, 1.82) is 0 Å². The van der Waals surface area contributed by atoms with E-state index in [1.54, 1.807) is 7.05 Å². The van der Waals surface area contributed by atoms with Crippen LogP contribution in [0.2, 0.25) is 0 Å². The van der Waals surface area contributed by atoms with Gasteiger partial charge in [0.15, 0.2) is 0 Å². The lowest BCUT2D eigenvalue weighted by Crippen LogP contribution is -2.45. The van der Waals surface area contributed by atoms with E-state index in [9.17, 15) is 4.79 Å². The van der Waals surface area contributed by atoms with E-state index in [-0.39, 0.29) is 18.0 Å². The first-order valence-corrected chi connectivity index (χ1v) is 5.49. The molecule has 0 radical (unpaired) electrons. The van der Waals surface area contributed by atoms with Crippen LogP contribution in [-0.2, 0) is 11.2 Å². The molecule has 0 spiro atoms. The van der Waals surface area contributed by atoms with E-state index in [0.29, 0.717) is 6.42 Å². The number of nitrogens with two attached hydrogens (primary N) is 1. The maximum atomic E-state index is 11.3. The molecule has 1 aliphatic heterocycles. The Bertz CT molecular complexity index is 366. The predicted molar refractivity (Wildman–Crippen MR) is 62.4 cm³/mol. The summed E-state index contributed by atoms with van der Waals surface area (Å²) in [5.41, 5.74) is 10.4. The van der Waals surface area contributed by atoms with Crippen molar-refractivity contribution in [1.82, 2.24) is 10.4 Å². The van der Waals surface area contributed by atoms with Crippen LogP contribution in [0.4, 0.5) is 0 Å². The fraction of sp³-hybridized carbons (Fsp3) is 0.417. The molecule has 1 aliphatic rings. The second-order valence-electron chi connectivity index (χ2n) is 4.25. The zero-order valence-corrected chi connectivity index (χ0v) is 9.39. The first-order chi connectivity index (χ1) is 7.66. The van der Waals surface area contributed by atoms with Gasteiger partial charge in [0.25, 0.3) is 0 Å². The second kappa shape index (κ2) is 4.63. The molecule has 2 rings (SSSR count). The molecule has 3 N–H and O–H groups in total. The van der Waals surface area contributed by atoms with Crippen LogP contribution in [0.15, 0.2) is 30.3 Å². The van der Waals surface area contributed by atoms with Gasteiger partial charge in [0.1, 0.15) is 0 Å². The molecule has 4 nitrogen and oxygen atoms in total. The Kier molecular flexibility index (Phi) is 3.22. The summed E-state index contributed by atoms with van der Waals surface area (Å²) >= 11 is 0. The summed E-state index contributed by atoms with van der Waals surface area (Å²) in [5, 5.41) is 1.52. The molecule has 2 atom stereocenters. The lowest BCUT2D eigenvalue weighted by atomic mass is 9.99. The molecule has 0 bridgehead atoms. The molecule has 86 valence electrons. The normalized spacial score (nSPS) is 22.5. The Hall–Kier alpha value is -1.39. The van der Waals surface area contributed by atoms with Gasteiger partial charge in [0.05, 0.1) is 6.04 Å². The van der Waals surface area contributed by atoms with E-state index in [0.717, 1.165) is 6.42 Å². The molecular weight excluding hydrogens is 202 g/mol. The van der Waals surface area contributed by atoms with Gasteiger partial charge in [-0.25, -0.2) is 5.43 Å². The zero-order valence-electron chi connectivity index (χ0n) is 9.39. The Balaban J connectivity index is 1.94. The minimum atomic E-state index is -0.0312. The van der Waals surface area contributed by atoms with Crippen molar-refractivity contribution in [3.05, 3.63) is 35.9 Å².